The van der Waals surface area contributed by atoms with Crippen LogP contribution in [0.3, 0.4) is 0 Å². The van der Waals surface area contributed by atoms with Gasteiger partial charge in [-0.05, 0) is 25.0 Å². The highest BCUT2D eigenvalue weighted by Gasteiger charge is 2.44. The van der Waals surface area contributed by atoms with E-state index >= 15 is 0 Å². The van der Waals surface area contributed by atoms with E-state index in [0.29, 0.717) is 11.0 Å². The second-order valence-electron chi connectivity index (χ2n) is 5.41. The molecule has 2 heterocycles. The highest BCUT2D eigenvalue weighted by atomic mass is 19.1. The van der Waals surface area contributed by atoms with Crippen LogP contribution in [-0.4, -0.2) is 26.3 Å². The largest absolute Gasteiger partial charge is 0.381 e. The minimum atomic E-state index is -0.192. The molecule has 2 N–H and O–H groups in total. The fraction of sp³-hybridized carbons (Fsp3) is 0.571. The Bertz CT molecular complexity index is 435. The van der Waals surface area contributed by atoms with Gasteiger partial charge in [0, 0.05) is 49.5 Å². The van der Waals surface area contributed by atoms with Crippen molar-refractivity contribution in [2.75, 3.05) is 31.2 Å². The molecule has 1 aromatic carbocycles. The Balaban J connectivity index is 1.76. The number of nitrogens with zero attached hydrogens (tertiary/aromatic N) is 1. The van der Waals surface area contributed by atoms with E-state index in [4.69, 9.17) is 10.5 Å². The number of anilines is 1. The van der Waals surface area contributed by atoms with Gasteiger partial charge in [0.1, 0.15) is 5.82 Å². The molecule has 0 aliphatic carbocycles. The quantitative estimate of drug-likeness (QED) is 0.871. The third-order valence-electron chi connectivity index (χ3n) is 4.24. The Labute approximate surface area is 107 Å². The first kappa shape index (κ1) is 11.9. The average Bonchev–Trinajstić information content (AvgIpc) is 2.36. The van der Waals surface area contributed by atoms with Crippen molar-refractivity contribution < 1.29 is 9.13 Å². The number of halogens is 1. The third kappa shape index (κ3) is 1.89. The van der Waals surface area contributed by atoms with Crippen LogP contribution in [0.1, 0.15) is 18.4 Å². The fourth-order valence-electron chi connectivity index (χ4n) is 3.10. The van der Waals surface area contributed by atoms with E-state index < -0.39 is 0 Å². The number of benzene rings is 1. The topological polar surface area (TPSA) is 38.5 Å². The van der Waals surface area contributed by atoms with Crippen LogP contribution in [0.15, 0.2) is 18.2 Å². The summed E-state index contributed by atoms with van der Waals surface area (Å²) in [5.41, 5.74) is 7.66. The van der Waals surface area contributed by atoms with Crippen molar-refractivity contribution in [1.82, 2.24) is 0 Å². The molecule has 1 spiro atoms. The van der Waals surface area contributed by atoms with Crippen LogP contribution in [0.2, 0.25) is 0 Å². The second kappa shape index (κ2) is 4.52. The number of rotatable bonds is 2. The minimum absolute atomic E-state index is 0.192. The normalized spacial score (nSPS) is 22.0. The Morgan fingerprint density at radius 3 is 2.67 bits per heavy atom. The summed E-state index contributed by atoms with van der Waals surface area (Å²) in [6.45, 7) is 4.00. The van der Waals surface area contributed by atoms with Crippen LogP contribution >= 0.6 is 0 Å². The first-order valence-corrected chi connectivity index (χ1v) is 6.54. The molecule has 0 amide bonds. The van der Waals surface area contributed by atoms with E-state index in [9.17, 15) is 4.39 Å². The molecule has 2 saturated heterocycles. The van der Waals surface area contributed by atoms with Crippen LogP contribution in [0.25, 0.3) is 0 Å². The van der Waals surface area contributed by atoms with Crippen LogP contribution in [0.4, 0.5) is 10.1 Å². The van der Waals surface area contributed by atoms with Crippen LogP contribution in [0, 0.1) is 11.2 Å². The van der Waals surface area contributed by atoms with Gasteiger partial charge in [0.05, 0.1) is 0 Å². The van der Waals surface area contributed by atoms with E-state index in [-0.39, 0.29) is 12.4 Å². The molecule has 98 valence electrons. The molecule has 0 atom stereocenters. The highest BCUT2D eigenvalue weighted by Crippen LogP contribution is 2.43. The first-order valence-electron chi connectivity index (χ1n) is 6.54. The number of hydrogen-bond acceptors (Lipinski definition) is 3. The molecule has 4 heteroatoms. The monoisotopic (exact) mass is 250 g/mol. The van der Waals surface area contributed by atoms with Gasteiger partial charge < -0.3 is 15.4 Å². The van der Waals surface area contributed by atoms with Crippen molar-refractivity contribution in [1.29, 1.82) is 0 Å². The van der Waals surface area contributed by atoms with Crippen molar-refractivity contribution in [3.05, 3.63) is 29.6 Å². The zero-order chi connectivity index (χ0) is 12.6. The summed E-state index contributed by atoms with van der Waals surface area (Å²) in [6.07, 6.45) is 2.24. The Morgan fingerprint density at radius 1 is 1.28 bits per heavy atom. The van der Waals surface area contributed by atoms with Crippen molar-refractivity contribution >= 4 is 5.69 Å². The summed E-state index contributed by atoms with van der Waals surface area (Å²) in [5, 5.41) is 0. The van der Waals surface area contributed by atoms with Gasteiger partial charge in [0.2, 0.25) is 0 Å². The lowest BCUT2D eigenvalue weighted by Gasteiger charge is -2.53. The molecule has 0 unspecified atom stereocenters. The molecule has 2 aliphatic rings. The predicted octanol–water partition coefficient (Wildman–Crippen LogP) is 1.90. The summed E-state index contributed by atoms with van der Waals surface area (Å²) in [6, 6.07) is 5.21. The molecule has 0 radical (unpaired) electrons. The summed E-state index contributed by atoms with van der Waals surface area (Å²) < 4.78 is 19.1. The van der Waals surface area contributed by atoms with Gasteiger partial charge in [-0.3, -0.25) is 0 Å². The molecule has 18 heavy (non-hydrogen) atoms. The van der Waals surface area contributed by atoms with Crippen LogP contribution < -0.4 is 10.6 Å². The highest BCUT2D eigenvalue weighted by molar-refractivity contribution is 5.56. The predicted molar refractivity (Wildman–Crippen MR) is 69.0 cm³/mol. The van der Waals surface area contributed by atoms with Crippen molar-refractivity contribution in [2.24, 2.45) is 11.1 Å². The summed E-state index contributed by atoms with van der Waals surface area (Å²) in [7, 11) is 0. The summed E-state index contributed by atoms with van der Waals surface area (Å²) >= 11 is 0. The fourth-order valence-corrected chi connectivity index (χ4v) is 3.10. The standard InChI is InChI=1S/C14H19FN2O/c15-12-2-1-3-13(11(12)8-16)17-9-14(10-17)4-6-18-7-5-14/h1-3H,4-10,16H2. The summed E-state index contributed by atoms with van der Waals surface area (Å²) in [4.78, 5) is 2.25. The van der Waals surface area contributed by atoms with Crippen molar-refractivity contribution in [2.45, 2.75) is 19.4 Å². The number of nitrogens with two attached hydrogens (primary N) is 1. The van der Waals surface area contributed by atoms with E-state index in [2.05, 4.69) is 4.90 Å². The molecule has 3 nitrogen and oxygen atoms in total. The molecular formula is C14H19FN2O. The van der Waals surface area contributed by atoms with Gasteiger partial charge in [-0.15, -0.1) is 0 Å². The molecule has 2 aliphatic heterocycles. The molecular weight excluding hydrogens is 231 g/mol. The van der Waals surface area contributed by atoms with E-state index in [1.807, 2.05) is 6.07 Å². The number of hydrogen-bond donors (Lipinski definition) is 1. The molecule has 3 rings (SSSR count). The average molecular weight is 250 g/mol. The Kier molecular flexibility index (Phi) is 2.99. The maximum atomic E-state index is 13.7. The van der Waals surface area contributed by atoms with Gasteiger partial charge in [-0.2, -0.15) is 0 Å². The third-order valence-corrected chi connectivity index (χ3v) is 4.24. The Morgan fingerprint density at radius 2 is 2.00 bits per heavy atom. The lowest BCUT2D eigenvalue weighted by atomic mass is 9.73. The second-order valence-corrected chi connectivity index (χ2v) is 5.41. The first-order chi connectivity index (χ1) is 8.74. The smallest absolute Gasteiger partial charge is 0.129 e. The van der Waals surface area contributed by atoms with Crippen molar-refractivity contribution in [3.8, 4) is 0 Å². The van der Waals surface area contributed by atoms with Gasteiger partial charge in [0.25, 0.3) is 0 Å². The number of ether oxygens (including phenoxy) is 1. The lowest BCUT2D eigenvalue weighted by Crippen LogP contribution is -2.58. The zero-order valence-corrected chi connectivity index (χ0v) is 10.5. The van der Waals surface area contributed by atoms with E-state index in [1.165, 1.54) is 6.07 Å². The molecule has 0 bridgehead atoms. The molecule has 0 saturated carbocycles. The van der Waals surface area contributed by atoms with E-state index in [0.717, 1.165) is 44.8 Å². The maximum Gasteiger partial charge on any atom is 0.129 e. The zero-order valence-electron chi connectivity index (χ0n) is 10.5. The van der Waals surface area contributed by atoms with Gasteiger partial charge >= 0.3 is 0 Å². The molecule has 2 fully saturated rings. The minimum Gasteiger partial charge on any atom is -0.381 e. The Hall–Kier alpha value is -1.13. The SMILES string of the molecule is NCc1c(F)cccc1N1CC2(CCOCC2)C1. The van der Waals surface area contributed by atoms with E-state index in [1.54, 1.807) is 6.07 Å². The summed E-state index contributed by atoms with van der Waals surface area (Å²) in [5.74, 6) is -0.192. The van der Waals surface area contributed by atoms with Crippen LogP contribution in [0.5, 0.6) is 0 Å². The van der Waals surface area contributed by atoms with Crippen LogP contribution in [-0.2, 0) is 11.3 Å². The van der Waals surface area contributed by atoms with Crippen molar-refractivity contribution in [3.63, 3.8) is 0 Å². The van der Waals surface area contributed by atoms with Gasteiger partial charge in [0.15, 0.2) is 0 Å². The molecule has 1 aromatic rings. The van der Waals surface area contributed by atoms with Gasteiger partial charge in [-0.1, -0.05) is 6.07 Å². The molecule has 0 aromatic heterocycles. The lowest BCUT2D eigenvalue weighted by molar-refractivity contribution is -0.000261. The van der Waals surface area contributed by atoms with Gasteiger partial charge in [-0.25, -0.2) is 4.39 Å². The maximum absolute atomic E-state index is 13.7.